The third-order valence-electron chi connectivity index (χ3n) is 5.37. The molecule has 1 heterocycles. The van der Waals surface area contributed by atoms with Crippen molar-refractivity contribution in [3.8, 4) is 0 Å². The molecule has 1 fully saturated rings. The number of carbonyl (C=O) groups excluding carboxylic acids is 2. The van der Waals surface area contributed by atoms with Crippen LogP contribution in [0.2, 0.25) is 0 Å². The summed E-state index contributed by atoms with van der Waals surface area (Å²) in [6.07, 6.45) is 0.736. The molecule has 0 aliphatic carbocycles. The van der Waals surface area contributed by atoms with E-state index in [9.17, 15) is 18.0 Å². The van der Waals surface area contributed by atoms with Crippen molar-refractivity contribution in [1.82, 2.24) is 19.4 Å². The highest BCUT2D eigenvalue weighted by Gasteiger charge is 2.30. The molecule has 2 rings (SSSR count). The summed E-state index contributed by atoms with van der Waals surface area (Å²) < 4.78 is 32.2. The lowest BCUT2D eigenvalue weighted by Crippen LogP contribution is -2.52. The minimum absolute atomic E-state index is 0.107. The molecule has 1 aliphatic rings. The summed E-state index contributed by atoms with van der Waals surface area (Å²) in [5.74, 6) is -0.256. The molecule has 2 amide bonds. The Bertz CT molecular complexity index is 867. The number of nitrogens with zero attached hydrogens (tertiary/aromatic N) is 3. The molecule has 0 saturated carbocycles. The number of piperazine rings is 1. The van der Waals surface area contributed by atoms with Crippen LogP contribution < -0.4 is 5.32 Å². The van der Waals surface area contributed by atoms with E-state index in [2.05, 4.69) is 5.32 Å². The van der Waals surface area contributed by atoms with E-state index in [1.165, 1.54) is 4.31 Å². The first-order valence-electron chi connectivity index (χ1n) is 10.4. The van der Waals surface area contributed by atoms with Gasteiger partial charge in [-0.25, -0.2) is 8.42 Å². The Morgan fingerprint density at radius 3 is 2.39 bits per heavy atom. The van der Waals surface area contributed by atoms with Crippen LogP contribution in [0, 0.1) is 13.8 Å². The normalized spacial score (nSPS) is 15.3. The highest BCUT2D eigenvalue weighted by Crippen LogP contribution is 2.20. The van der Waals surface area contributed by atoms with Gasteiger partial charge in [-0.3, -0.25) is 14.5 Å². The summed E-state index contributed by atoms with van der Waals surface area (Å²) in [5, 5.41) is 2.79. The maximum atomic E-state index is 12.9. The smallest absolute Gasteiger partial charge is 0.243 e. The van der Waals surface area contributed by atoms with Gasteiger partial charge >= 0.3 is 0 Å². The van der Waals surface area contributed by atoms with Gasteiger partial charge in [-0.15, -0.1) is 0 Å². The molecule has 0 bridgehead atoms. The minimum atomic E-state index is -3.58. The standard InChI is InChI=1S/C21H34N4O5S/c1-17-6-7-19(14-18(17)2)31(28,29)25-11-9-24(10-12-25)21(27)16-23(3)15-20(26)22-8-5-13-30-4/h6-7,14H,5,8-13,15-16H2,1-4H3,(H,22,26). The largest absolute Gasteiger partial charge is 0.385 e. The highest BCUT2D eigenvalue weighted by atomic mass is 32.2. The van der Waals surface area contributed by atoms with E-state index in [1.807, 2.05) is 19.9 Å². The van der Waals surface area contributed by atoms with Crippen LogP contribution in [0.25, 0.3) is 0 Å². The van der Waals surface area contributed by atoms with E-state index in [0.717, 1.165) is 17.5 Å². The molecule has 0 spiro atoms. The van der Waals surface area contributed by atoms with Gasteiger partial charge < -0.3 is 15.0 Å². The van der Waals surface area contributed by atoms with Crippen molar-refractivity contribution in [2.45, 2.75) is 25.2 Å². The number of hydrogen-bond acceptors (Lipinski definition) is 6. The van der Waals surface area contributed by atoms with E-state index in [1.54, 1.807) is 36.1 Å². The summed E-state index contributed by atoms with van der Waals surface area (Å²) in [5.41, 5.74) is 1.97. The molecule has 31 heavy (non-hydrogen) atoms. The van der Waals surface area contributed by atoms with Gasteiger partial charge in [0.2, 0.25) is 21.8 Å². The molecule has 1 aromatic carbocycles. The Kier molecular flexibility index (Phi) is 9.42. The van der Waals surface area contributed by atoms with Crippen molar-refractivity contribution in [3.63, 3.8) is 0 Å². The molecule has 0 unspecified atom stereocenters. The van der Waals surface area contributed by atoms with Crippen LogP contribution in [-0.4, -0.2) is 101 Å². The quantitative estimate of drug-likeness (QED) is 0.508. The van der Waals surface area contributed by atoms with Crippen LogP contribution in [0.3, 0.4) is 0 Å². The average Bonchev–Trinajstić information content (AvgIpc) is 2.73. The van der Waals surface area contributed by atoms with Gasteiger partial charge in [-0.2, -0.15) is 4.31 Å². The number of methoxy groups -OCH3 is 1. The lowest BCUT2D eigenvalue weighted by Gasteiger charge is -2.34. The number of likely N-dealkylation sites (N-methyl/N-ethyl adjacent to an activating group) is 1. The number of benzene rings is 1. The molecule has 9 nitrogen and oxygen atoms in total. The molecule has 1 aromatic rings. The number of sulfonamides is 1. The second kappa shape index (κ2) is 11.6. The number of amides is 2. The van der Waals surface area contributed by atoms with E-state index in [-0.39, 0.29) is 42.9 Å². The number of nitrogens with one attached hydrogen (secondary N) is 1. The maximum absolute atomic E-state index is 12.9. The summed E-state index contributed by atoms with van der Waals surface area (Å²) in [4.78, 5) is 28.1. The van der Waals surface area contributed by atoms with Crippen molar-refractivity contribution < 1.29 is 22.7 Å². The van der Waals surface area contributed by atoms with E-state index >= 15 is 0 Å². The number of ether oxygens (including phenoxy) is 1. The Labute approximate surface area is 185 Å². The monoisotopic (exact) mass is 454 g/mol. The van der Waals surface area contributed by atoms with Crippen molar-refractivity contribution >= 4 is 21.8 Å². The van der Waals surface area contributed by atoms with Gasteiger partial charge in [0.05, 0.1) is 18.0 Å². The molecule has 10 heteroatoms. The lowest BCUT2D eigenvalue weighted by atomic mass is 10.1. The first-order valence-corrected chi connectivity index (χ1v) is 11.9. The minimum Gasteiger partial charge on any atom is -0.385 e. The fourth-order valence-electron chi connectivity index (χ4n) is 3.33. The third kappa shape index (κ3) is 7.27. The molecule has 174 valence electrons. The number of rotatable bonds is 10. The van der Waals surface area contributed by atoms with Gasteiger partial charge in [-0.05, 0) is 50.6 Å². The first kappa shape index (κ1) is 25.3. The van der Waals surface area contributed by atoms with Gasteiger partial charge in [0.1, 0.15) is 0 Å². The summed E-state index contributed by atoms with van der Waals surface area (Å²) >= 11 is 0. The Morgan fingerprint density at radius 2 is 1.77 bits per heavy atom. The second-order valence-corrected chi connectivity index (χ2v) is 9.84. The average molecular weight is 455 g/mol. The van der Waals surface area contributed by atoms with E-state index in [4.69, 9.17) is 4.74 Å². The topological polar surface area (TPSA) is 99.3 Å². The van der Waals surface area contributed by atoms with Gasteiger partial charge in [0, 0.05) is 46.4 Å². The number of aryl methyl sites for hydroxylation is 2. The van der Waals surface area contributed by atoms with Crippen LogP contribution in [0.4, 0.5) is 0 Å². The van der Waals surface area contributed by atoms with E-state index < -0.39 is 10.0 Å². The molecule has 0 aromatic heterocycles. The summed E-state index contributed by atoms with van der Waals surface area (Å²) in [6.45, 7) is 6.36. The predicted molar refractivity (Wildman–Crippen MR) is 118 cm³/mol. The first-order chi connectivity index (χ1) is 14.6. The molecule has 1 N–H and O–H groups in total. The number of hydrogen-bond donors (Lipinski definition) is 1. The Balaban J connectivity index is 1.81. The van der Waals surface area contributed by atoms with Crippen molar-refractivity contribution in [1.29, 1.82) is 0 Å². The fourth-order valence-corrected chi connectivity index (χ4v) is 4.84. The van der Waals surface area contributed by atoms with Gasteiger partial charge in [0.25, 0.3) is 0 Å². The second-order valence-electron chi connectivity index (χ2n) is 7.90. The van der Waals surface area contributed by atoms with Gasteiger partial charge in [0.15, 0.2) is 0 Å². The third-order valence-corrected chi connectivity index (χ3v) is 7.27. The lowest BCUT2D eigenvalue weighted by molar-refractivity contribution is -0.133. The highest BCUT2D eigenvalue weighted by molar-refractivity contribution is 7.89. The molecule has 0 radical (unpaired) electrons. The Morgan fingerprint density at radius 1 is 1.10 bits per heavy atom. The zero-order chi connectivity index (χ0) is 23.0. The molecule has 1 aliphatic heterocycles. The molecule has 0 atom stereocenters. The predicted octanol–water partition coefficient (Wildman–Crippen LogP) is 0.221. The Hall–Kier alpha value is -2.01. The van der Waals surface area contributed by atoms with Crippen LogP contribution in [-0.2, 0) is 24.3 Å². The summed E-state index contributed by atoms with van der Waals surface area (Å²) in [7, 11) is -0.253. The maximum Gasteiger partial charge on any atom is 0.243 e. The van der Waals surface area contributed by atoms with Crippen molar-refractivity contribution in [2.75, 3.05) is 66.6 Å². The van der Waals surface area contributed by atoms with Crippen molar-refractivity contribution in [2.24, 2.45) is 0 Å². The van der Waals surface area contributed by atoms with Crippen LogP contribution >= 0.6 is 0 Å². The van der Waals surface area contributed by atoms with Crippen LogP contribution in [0.15, 0.2) is 23.1 Å². The SMILES string of the molecule is COCCCNC(=O)CN(C)CC(=O)N1CCN(S(=O)(=O)c2ccc(C)c(C)c2)CC1. The molecular formula is C21H34N4O5S. The van der Waals surface area contributed by atoms with E-state index in [0.29, 0.717) is 26.2 Å². The molecular weight excluding hydrogens is 420 g/mol. The molecule has 1 saturated heterocycles. The zero-order valence-corrected chi connectivity index (χ0v) is 19.7. The van der Waals surface area contributed by atoms with Crippen molar-refractivity contribution in [3.05, 3.63) is 29.3 Å². The van der Waals surface area contributed by atoms with Gasteiger partial charge in [-0.1, -0.05) is 6.07 Å². The summed E-state index contributed by atoms with van der Waals surface area (Å²) in [6, 6.07) is 5.13. The van der Waals surface area contributed by atoms with Crippen LogP contribution in [0.1, 0.15) is 17.5 Å². The fraction of sp³-hybridized carbons (Fsp3) is 0.619. The number of carbonyl (C=O) groups is 2. The van der Waals surface area contributed by atoms with Crippen LogP contribution in [0.5, 0.6) is 0 Å². The zero-order valence-electron chi connectivity index (χ0n) is 18.9.